The predicted molar refractivity (Wildman–Crippen MR) is 63.9 cm³/mol. The molecule has 4 nitrogen and oxygen atoms in total. The highest BCUT2D eigenvalue weighted by Crippen LogP contribution is 2.25. The maximum absolute atomic E-state index is 11.7. The van der Waals surface area contributed by atoms with Gasteiger partial charge in [0.2, 0.25) is 0 Å². The molecule has 17 heavy (non-hydrogen) atoms. The molecule has 0 heterocycles. The van der Waals surface area contributed by atoms with Crippen LogP contribution in [0.1, 0.15) is 49.7 Å². The first-order valence-corrected chi connectivity index (χ1v) is 5.45. The lowest BCUT2D eigenvalue weighted by molar-refractivity contribution is 0.00689. The molecular formula is C13H18O4. The van der Waals surface area contributed by atoms with E-state index in [-0.39, 0.29) is 11.3 Å². The second-order valence-corrected chi connectivity index (χ2v) is 4.95. The Morgan fingerprint density at radius 3 is 2.35 bits per heavy atom. The number of hydrogen-bond acceptors (Lipinski definition) is 4. The van der Waals surface area contributed by atoms with E-state index >= 15 is 0 Å². The summed E-state index contributed by atoms with van der Waals surface area (Å²) in [5, 5.41) is 19.0. The number of hydrogen-bond donors (Lipinski definition) is 2. The van der Waals surface area contributed by atoms with Gasteiger partial charge in [-0.2, -0.15) is 0 Å². The molecule has 0 saturated carbocycles. The highest BCUT2D eigenvalue weighted by molar-refractivity contribution is 5.90. The summed E-state index contributed by atoms with van der Waals surface area (Å²) in [4.78, 5) is 11.7. The first-order valence-electron chi connectivity index (χ1n) is 5.45. The number of aromatic hydroxyl groups is 1. The Kier molecular flexibility index (Phi) is 3.78. The second-order valence-electron chi connectivity index (χ2n) is 4.95. The molecular weight excluding hydrogens is 220 g/mol. The van der Waals surface area contributed by atoms with Crippen LogP contribution in [0.2, 0.25) is 0 Å². The number of aliphatic hydroxyl groups is 1. The van der Waals surface area contributed by atoms with Crippen molar-refractivity contribution in [3.05, 3.63) is 29.3 Å². The lowest BCUT2D eigenvalue weighted by Gasteiger charge is -2.19. The third kappa shape index (κ3) is 3.75. The number of aliphatic hydroxyl groups excluding tert-OH is 1. The fourth-order valence-electron chi connectivity index (χ4n) is 1.36. The minimum Gasteiger partial charge on any atom is -0.508 e. The summed E-state index contributed by atoms with van der Waals surface area (Å²) in [6, 6.07) is 4.34. The molecule has 0 radical (unpaired) electrons. The van der Waals surface area contributed by atoms with Crippen LogP contribution in [0.5, 0.6) is 5.75 Å². The molecule has 0 amide bonds. The zero-order valence-electron chi connectivity index (χ0n) is 10.5. The maximum atomic E-state index is 11.7. The topological polar surface area (TPSA) is 66.8 Å². The average Bonchev–Trinajstić information content (AvgIpc) is 2.14. The Balaban J connectivity index is 2.94. The van der Waals surface area contributed by atoms with Gasteiger partial charge in [-0.05, 0) is 39.8 Å². The van der Waals surface area contributed by atoms with Gasteiger partial charge in [-0.15, -0.1) is 0 Å². The number of carbonyl (C=O) groups is 1. The molecule has 94 valence electrons. The molecule has 0 saturated heterocycles. The van der Waals surface area contributed by atoms with E-state index in [1.165, 1.54) is 18.2 Å². The van der Waals surface area contributed by atoms with Crippen molar-refractivity contribution in [2.75, 3.05) is 0 Å². The molecule has 1 aromatic rings. The van der Waals surface area contributed by atoms with Gasteiger partial charge in [0.05, 0.1) is 11.7 Å². The molecule has 0 bridgehead atoms. The molecule has 1 unspecified atom stereocenters. The number of rotatable bonds is 2. The van der Waals surface area contributed by atoms with E-state index in [4.69, 9.17) is 4.74 Å². The van der Waals surface area contributed by atoms with Gasteiger partial charge < -0.3 is 14.9 Å². The molecule has 0 fully saturated rings. The van der Waals surface area contributed by atoms with E-state index < -0.39 is 17.7 Å². The number of phenolic OH excluding ortho intramolecular Hbond substituents is 1. The molecule has 0 aliphatic carbocycles. The van der Waals surface area contributed by atoms with E-state index in [1.807, 2.05) is 0 Å². The standard InChI is InChI=1S/C13H18O4/c1-8(14)10-6-5-9(7-11(10)15)12(16)17-13(2,3)4/h5-8,14-15H,1-4H3. The Labute approximate surface area is 101 Å². The van der Waals surface area contributed by atoms with Crippen LogP contribution in [0.25, 0.3) is 0 Å². The van der Waals surface area contributed by atoms with E-state index in [1.54, 1.807) is 27.7 Å². The summed E-state index contributed by atoms with van der Waals surface area (Å²) >= 11 is 0. The van der Waals surface area contributed by atoms with Crippen LogP contribution in [0.15, 0.2) is 18.2 Å². The van der Waals surface area contributed by atoms with Gasteiger partial charge in [-0.3, -0.25) is 0 Å². The third-order valence-corrected chi connectivity index (χ3v) is 2.12. The minimum absolute atomic E-state index is 0.108. The lowest BCUT2D eigenvalue weighted by atomic mass is 10.1. The number of phenols is 1. The average molecular weight is 238 g/mol. The summed E-state index contributed by atoms with van der Waals surface area (Å²) in [6.45, 7) is 6.86. The first-order chi connectivity index (χ1) is 7.70. The van der Waals surface area contributed by atoms with Gasteiger partial charge >= 0.3 is 5.97 Å². The summed E-state index contributed by atoms with van der Waals surface area (Å²) in [5.74, 6) is -0.603. The molecule has 1 rings (SSSR count). The third-order valence-electron chi connectivity index (χ3n) is 2.12. The fourth-order valence-corrected chi connectivity index (χ4v) is 1.36. The van der Waals surface area contributed by atoms with Crippen LogP contribution in [-0.2, 0) is 4.74 Å². The molecule has 0 aromatic heterocycles. The number of esters is 1. The molecule has 0 spiro atoms. The summed E-state index contributed by atoms with van der Waals surface area (Å²) in [6.07, 6.45) is -0.775. The van der Waals surface area contributed by atoms with Crippen LogP contribution >= 0.6 is 0 Å². The fraction of sp³-hybridized carbons (Fsp3) is 0.462. The lowest BCUT2D eigenvalue weighted by Crippen LogP contribution is -2.23. The van der Waals surface area contributed by atoms with Crippen LogP contribution in [0, 0.1) is 0 Å². The number of benzene rings is 1. The van der Waals surface area contributed by atoms with Gasteiger partial charge in [-0.1, -0.05) is 6.07 Å². The van der Waals surface area contributed by atoms with Gasteiger partial charge in [0, 0.05) is 5.56 Å². The normalized spacial score (nSPS) is 13.2. The van der Waals surface area contributed by atoms with Crippen LogP contribution in [-0.4, -0.2) is 21.8 Å². The Hall–Kier alpha value is -1.55. The summed E-state index contributed by atoms with van der Waals surface area (Å²) < 4.78 is 5.17. The maximum Gasteiger partial charge on any atom is 0.338 e. The van der Waals surface area contributed by atoms with Crippen molar-refractivity contribution < 1.29 is 19.7 Å². The van der Waals surface area contributed by atoms with E-state index in [2.05, 4.69) is 0 Å². The molecule has 2 N–H and O–H groups in total. The number of ether oxygens (including phenoxy) is 1. The van der Waals surface area contributed by atoms with Crippen LogP contribution < -0.4 is 0 Å². The van der Waals surface area contributed by atoms with Gasteiger partial charge in [0.15, 0.2) is 0 Å². The Morgan fingerprint density at radius 1 is 1.35 bits per heavy atom. The summed E-state index contributed by atoms with van der Waals surface area (Å²) in [7, 11) is 0. The van der Waals surface area contributed by atoms with Crippen molar-refractivity contribution >= 4 is 5.97 Å². The molecule has 4 heteroatoms. The van der Waals surface area contributed by atoms with Crippen molar-refractivity contribution in [3.63, 3.8) is 0 Å². The predicted octanol–water partition coefficient (Wildman–Crippen LogP) is 2.40. The first kappa shape index (κ1) is 13.5. The van der Waals surface area contributed by atoms with Crippen LogP contribution in [0.3, 0.4) is 0 Å². The molecule has 1 aromatic carbocycles. The van der Waals surface area contributed by atoms with Gasteiger partial charge in [-0.25, -0.2) is 4.79 Å². The SMILES string of the molecule is CC(O)c1ccc(C(=O)OC(C)(C)C)cc1O. The smallest absolute Gasteiger partial charge is 0.338 e. The van der Waals surface area contributed by atoms with Gasteiger partial charge in [0.25, 0.3) is 0 Å². The van der Waals surface area contributed by atoms with Crippen molar-refractivity contribution in [3.8, 4) is 5.75 Å². The summed E-state index contributed by atoms with van der Waals surface area (Å²) in [5.41, 5.74) is 0.0782. The van der Waals surface area contributed by atoms with Gasteiger partial charge in [0.1, 0.15) is 11.4 Å². The van der Waals surface area contributed by atoms with Crippen molar-refractivity contribution in [1.29, 1.82) is 0 Å². The zero-order chi connectivity index (χ0) is 13.2. The molecule has 0 aliphatic rings. The van der Waals surface area contributed by atoms with Crippen molar-refractivity contribution in [2.45, 2.75) is 39.4 Å². The van der Waals surface area contributed by atoms with E-state index in [9.17, 15) is 15.0 Å². The largest absolute Gasteiger partial charge is 0.508 e. The zero-order valence-corrected chi connectivity index (χ0v) is 10.5. The Morgan fingerprint density at radius 2 is 1.94 bits per heavy atom. The highest BCUT2D eigenvalue weighted by Gasteiger charge is 2.19. The molecule has 1 atom stereocenters. The van der Waals surface area contributed by atoms with Crippen molar-refractivity contribution in [2.24, 2.45) is 0 Å². The van der Waals surface area contributed by atoms with E-state index in [0.29, 0.717) is 5.56 Å². The number of carbonyl (C=O) groups excluding carboxylic acids is 1. The quantitative estimate of drug-likeness (QED) is 0.776. The highest BCUT2D eigenvalue weighted by atomic mass is 16.6. The molecule has 0 aliphatic heterocycles. The monoisotopic (exact) mass is 238 g/mol. The van der Waals surface area contributed by atoms with E-state index in [0.717, 1.165) is 0 Å². The van der Waals surface area contributed by atoms with Crippen molar-refractivity contribution in [1.82, 2.24) is 0 Å². The second kappa shape index (κ2) is 4.75. The Bertz CT molecular complexity index is 416. The van der Waals surface area contributed by atoms with Crippen LogP contribution in [0.4, 0.5) is 0 Å². The minimum atomic E-state index is -0.775.